The van der Waals surface area contributed by atoms with Gasteiger partial charge in [0.2, 0.25) is 0 Å². The highest BCUT2D eigenvalue weighted by atomic mass is 19.1. The molecule has 1 atom stereocenters. The van der Waals surface area contributed by atoms with Gasteiger partial charge < -0.3 is 10.0 Å². The molecule has 1 unspecified atom stereocenters. The molecule has 1 aromatic carbocycles. The Kier molecular flexibility index (Phi) is 3.43. The van der Waals surface area contributed by atoms with Gasteiger partial charge in [0.05, 0.1) is 5.69 Å². The van der Waals surface area contributed by atoms with Crippen LogP contribution in [0.15, 0.2) is 18.2 Å². The second-order valence-electron chi connectivity index (χ2n) is 4.51. The van der Waals surface area contributed by atoms with Gasteiger partial charge in [-0.25, -0.2) is 4.39 Å². The first-order valence-corrected chi connectivity index (χ1v) is 5.78. The van der Waals surface area contributed by atoms with Gasteiger partial charge in [0.15, 0.2) is 5.78 Å². The number of aliphatic hydroxyl groups excluding tert-OH is 1. The topological polar surface area (TPSA) is 40.5 Å². The second-order valence-corrected chi connectivity index (χ2v) is 4.51. The molecule has 0 spiro atoms. The largest absolute Gasteiger partial charge is 0.396 e. The van der Waals surface area contributed by atoms with Crippen LogP contribution in [-0.2, 0) is 0 Å². The summed E-state index contributed by atoms with van der Waals surface area (Å²) < 4.78 is 13.8. The van der Waals surface area contributed by atoms with Gasteiger partial charge in [-0.15, -0.1) is 0 Å². The van der Waals surface area contributed by atoms with Gasteiger partial charge in [-0.3, -0.25) is 4.79 Å². The summed E-state index contributed by atoms with van der Waals surface area (Å²) in [5.41, 5.74) is 0.912. The van der Waals surface area contributed by atoms with Gasteiger partial charge in [0.25, 0.3) is 0 Å². The Morgan fingerprint density at radius 1 is 1.59 bits per heavy atom. The van der Waals surface area contributed by atoms with Crippen molar-refractivity contribution in [1.82, 2.24) is 0 Å². The van der Waals surface area contributed by atoms with E-state index in [-0.39, 0.29) is 24.1 Å². The van der Waals surface area contributed by atoms with E-state index in [0.717, 1.165) is 13.0 Å². The van der Waals surface area contributed by atoms with Crippen LogP contribution in [0.1, 0.15) is 23.7 Å². The van der Waals surface area contributed by atoms with E-state index in [4.69, 9.17) is 5.11 Å². The van der Waals surface area contributed by atoms with Crippen LogP contribution in [-0.4, -0.2) is 30.6 Å². The van der Waals surface area contributed by atoms with Crippen molar-refractivity contribution in [3.63, 3.8) is 0 Å². The Balaban J connectivity index is 2.20. The van der Waals surface area contributed by atoms with Crippen molar-refractivity contribution >= 4 is 11.5 Å². The molecule has 1 aliphatic heterocycles. The Labute approximate surface area is 99.9 Å². The lowest BCUT2D eigenvalue weighted by atomic mass is 10.1. The molecule has 2 rings (SSSR count). The van der Waals surface area contributed by atoms with Crippen LogP contribution in [0.4, 0.5) is 10.1 Å². The fourth-order valence-corrected chi connectivity index (χ4v) is 2.18. The number of hydrogen-bond donors (Lipinski definition) is 1. The van der Waals surface area contributed by atoms with Gasteiger partial charge in [-0.05, 0) is 31.5 Å². The first-order valence-electron chi connectivity index (χ1n) is 5.78. The zero-order valence-corrected chi connectivity index (χ0v) is 9.82. The minimum absolute atomic E-state index is 0.134. The molecule has 3 nitrogen and oxygen atoms in total. The van der Waals surface area contributed by atoms with E-state index in [1.807, 2.05) is 4.90 Å². The summed E-state index contributed by atoms with van der Waals surface area (Å²) >= 11 is 0. The number of benzene rings is 1. The Hall–Kier alpha value is -1.42. The van der Waals surface area contributed by atoms with Crippen molar-refractivity contribution in [2.45, 2.75) is 13.3 Å². The van der Waals surface area contributed by atoms with E-state index < -0.39 is 0 Å². The fourth-order valence-electron chi connectivity index (χ4n) is 2.18. The number of carbonyl (C=O) groups is 1. The normalized spacial score (nSPS) is 19.7. The maximum atomic E-state index is 13.8. The summed E-state index contributed by atoms with van der Waals surface area (Å²) in [7, 11) is 0. The summed E-state index contributed by atoms with van der Waals surface area (Å²) in [5, 5.41) is 9.05. The van der Waals surface area contributed by atoms with Crippen LogP contribution in [0.5, 0.6) is 0 Å². The van der Waals surface area contributed by atoms with Gasteiger partial charge >= 0.3 is 0 Å². The Morgan fingerprint density at radius 2 is 2.35 bits per heavy atom. The smallest absolute Gasteiger partial charge is 0.159 e. The third-order valence-corrected chi connectivity index (χ3v) is 3.24. The molecule has 92 valence electrons. The van der Waals surface area contributed by atoms with Crippen molar-refractivity contribution in [3.8, 4) is 0 Å². The average Bonchev–Trinajstić information content (AvgIpc) is 2.77. The molecule has 1 aliphatic rings. The standard InChI is InChI=1S/C13H16FNO2/c1-9(17)11-2-3-13(12(14)6-11)15-5-4-10(7-15)8-16/h2-3,6,10,16H,4-5,7-8H2,1H3. The Bertz CT molecular complexity index is 433. The molecule has 4 heteroatoms. The zero-order valence-electron chi connectivity index (χ0n) is 9.82. The second kappa shape index (κ2) is 4.84. The number of aliphatic hydroxyl groups is 1. The van der Waals surface area contributed by atoms with Gasteiger partial charge in [-0.2, -0.15) is 0 Å². The molecule has 0 amide bonds. The van der Waals surface area contributed by atoms with Crippen LogP contribution < -0.4 is 4.90 Å². The molecule has 1 aromatic rings. The van der Waals surface area contributed by atoms with Gasteiger partial charge in [0, 0.05) is 31.2 Å². The van der Waals surface area contributed by atoms with Crippen LogP contribution >= 0.6 is 0 Å². The highest BCUT2D eigenvalue weighted by molar-refractivity contribution is 5.94. The first kappa shape index (κ1) is 12.0. The summed E-state index contributed by atoms with van der Waals surface area (Å²) in [6.45, 7) is 2.99. The lowest BCUT2D eigenvalue weighted by molar-refractivity contribution is 0.101. The first-order chi connectivity index (χ1) is 8.11. The summed E-state index contributed by atoms with van der Waals surface area (Å²) in [5.74, 6) is -0.275. The third kappa shape index (κ3) is 2.47. The zero-order chi connectivity index (χ0) is 12.4. The maximum Gasteiger partial charge on any atom is 0.159 e. The van der Waals surface area contributed by atoms with Crippen LogP contribution in [0.25, 0.3) is 0 Å². The van der Waals surface area contributed by atoms with E-state index in [1.54, 1.807) is 12.1 Å². The predicted molar refractivity (Wildman–Crippen MR) is 63.8 cm³/mol. The molecule has 0 saturated carbocycles. The molecular weight excluding hydrogens is 221 g/mol. The van der Waals surface area contributed by atoms with Crippen LogP contribution in [0.2, 0.25) is 0 Å². The molecule has 0 aliphatic carbocycles. The minimum atomic E-state index is -0.365. The number of ketones is 1. The summed E-state index contributed by atoms with van der Waals surface area (Å²) in [6.07, 6.45) is 0.879. The number of rotatable bonds is 3. The predicted octanol–water partition coefficient (Wildman–Crippen LogP) is 1.85. The number of hydrogen-bond acceptors (Lipinski definition) is 3. The molecule has 1 fully saturated rings. The van der Waals surface area contributed by atoms with Crippen LogP contribution in [0.3, 0.4) is 0 Å². The lowest BCUT2D eigenvalue weighted by Crippen LogP contribution is -2.21. The third-order valence-electron chi connectivity index (χ3n) is 3.24. The van der Waals surface area contributed by atoms with Gasteiger partial charge in [-0.1, -0.05) is 0 Å². The lowest BCUT2D eigenvalue weighted by Gasteiger charge is -2.19. The molecule has 1 N–H and O–H groups in total. The molecule has 0 aromatic heterocycles. The van der Waals surface area contributed by atoms with Crippen molar-refractivity contribution in [3.05, 3.63) is 29.6 Å². The van der Waals surface area contributed by atoms with E-state index in [0.29, 0.717) is 17.8 Å². The highest BCUT2D eigenvalue weighted by Gasteiger charge is 2.24. The van der Waals surface area contributed by atoms with Crippen molar-refractivity contribution in [2.24, 2.45) is 5.92 Å². The highest BCUT2D eigenvalue weighted by Crippen LogP contribution is 2.26. The molecular formula is C13H16FNO2. The average molecular weight is 237 g/mol. The van der Waals surface area contributed by atoms with Crippen molar-refractivity contribution in [2.75, 3.05) is 24.6 Å². The number of nitrogens with zero attached hydrogens (tertiary/aromatic N) is 1. The monoisotopic (exact) mass is 237 g/mol. The van der Waals surface area contributed by atoms with Crippen LogP contribution in [0, 0.1) is 11.7 Å². The van der Waals surface area contributed by atoms with Crippen molar-refractivity contribution < 1.29 is 14.3 Å². The molecule has 17 heavy (non-hydrogen) atoms. The molecule has 1 heterocycles. The quantitative estimate of drug-likeness (QED) is 0.816. The molecule has 0 radical (unpaired) electrons. The number of Topliss-reactive ketones (excluding diaryl/α,β-unsaturated/α-hetero) is 1. The SMILES string of the molecule is CC(=O)c1ccc(N2CCC(CO)C2)c(F)c1. The van der Waals surface area contributed by atoms with Gasteiger partial charge in [0.1, 0.15) is 5.82 Å². The summed E-state index contributed by atoms with van der Waals surface area (Å²) in [6, 6.07) is 4.57. The Morgan fingerprint density at radius 3 is 2.88 bits per heavy atom. The van der Waals surface area contributed by atoms with E-state index in [1.165, 1.54) is 13.0 Å². The number of halogens is 1. The van der Waals surface area contributed by atoms with E-state index >= 15 is 0 Å². The molecule has 1 saturated heterocycles. The van der Waals surface area contributed by atoms with E-state index in [9.17, 15) is 9.18 Å². The fraction of sp³-hybridized carbons (Fsp3) is 0.462. The minimum Gasteiger partial charge on any atom is -0.396 e. The number of carbonyl (C=O) groups excluding carboxylic acids is 1. The van der Waals surface area contributed by atoms with Crippen molar-refractivity contribution in [1.29, 1.82) is 0 Å². The maximum absolute atomic E-state index is 13.8. The van der Waals surface area contributed by atoms with E-state index in [2.05, 4.69) is 0 Å². The molecule has 0 bridgehead atoms. The summed E-state index contributed by atoms with van der Waals surface area (Å²) in [4.78, 5) is 13.0. The number of anilines is 1.